The molecule has 1 N–H and O–H groups in total. The minimum Gasteiger partial charge on any atom is -0.493 e. The number of alkyl halides is 2. The Balaban J connectivity index is 1.87. The summed E-state index contributed by atoms with van der Waals surface area (Å²) in [4.78, 5) is 37.2. The van der Waals surface area contributed by atoms with Crippen molar-refractivity contribution in [2.45, 2.75) is 6.61 Å². The number of anilines is 1. The van der Waals surface area contributed by atoms with Crippen molar-refractivity contribution in [1.82, 2.24) is 4.90 Å². The molecule has 0 fully saturated rings. The van der Waals surface area contributed by atoms with Gasteiger partial charge < -0.3 is 24.4 Å². The summed E-state index contributed by atoms with van der Waals surface area (Å²) in [6.45, 7) is -4.06. The average Bonchev–Trinajstić information content (AvgIpc) is 2.73. The molecule has 166 valence electrons. The van der Waals surface area contributed by atoms with Crippen LogP contribution in [0, 0.1) is 5.82 Å². The lowest BCUT2D eigenvalue weighted by molar-refractivity contribution is -0.136. The number of hydrogen-bond acceptors (Lipinski definition) is 6. The number of likely N-dealkylation sites (N-methyl/N-ethyl adjacent to an activating group) is 1. The molecule has 0 aliphatic heterocycles. The zero-order valence-electron chi connectivity index (χ0n) is 16.6. The fourth-order valence-electron chi connectivity index (χ4n) is 2.35. The van der Waals surface area contributed by atoms with Gasteiger partial charge in [0.05, 0.1) is 19.2 Å². The fraction of sp³-hybridized carbons (Fsp3) is 0.250. The molecule has 0 heterocycles. The van der Waals surface area contributed by atoms with E-state index in [2.05, 4.69) is 10.1 Å². The van der Waals surface area contributed by atoms with E-state index >= 15 is 0 Å². The number of hydrogen-bond donors (Lipinski definition) is 1. The van der Waals surface area contributed by atoms with Crippen molar-refractivity contribution in [2.75, 3.05) is 32.6 Å². The lowest BCUT2D eigenvalue weighted by Crippen LogP contribution is -2.37. The Morgan fingerprint density at radius 3 is 2.35 bits per heavy atom. The van der Waals surface area contributed by atoms with Crippen LogP contribution in [-0.4, -0.2) is 56.6 Å². The molecule has 0 aliphatic rings. The third-order valence-corrected chi connectivity index (χ3v) is 3.88. The summed E-state index contributed by atoms with van der Waals surface area (Å²) in [6, 6.07) is 8.48. The molecule has 2 rings (SSSR count). The number of rotatable bonds is 9. The molecule has 0 aromatic heterocycles. The summed E-state index contributed by atoms with van der Waals surface area (Å²) in [5.41, 5.74) is 0.301. The summed E-state index contributed by atoms with van der Waals surface area (Å²) in [5.74, 6) is -2.94. The quantitative estimate of drug-likeness (QED) is 0.603. The van der Waals surface area contributed by atoms with Crippen LogP contribution in [0.3, 0.4) is 0 Å². The largest absolute Gasteiger partial charge is 0.493 e. The second-order valence-electron chi connectivity index (χ2n) is 6.13. The molecule has 0 saturated heterocycles. The summed E-state index contributed by atoms with van der Waals surface area (Å²) in [5, 5.41) is 2.49. The Morgan fingerprint density at radius 1 is 1.06 bits per heavy atom. The molecular formula is C20H19F3N2O6. The number of methoxy groups -OCH3 is 1. The molecule has 2 aromatic rings. The maximum Gasteiger partial charge on any atom is 0.387 e. The molecule has 2 amide bonds. The van der Waals surface area contributed by atoms with Crippen molar-refractivity contribution in [1.29, 1.82) is 0 Å². The van der Waals surface area contributed by atoms with Gasteiger partial charge in [-0.05, 0) is 42.5 Å². The molecular weight excluding hydrogens is 421 g/mol. The van der Waals surface area contributed by atoms with Gasteiger partial charge in [0.15, 0.2) is 18.1 Å². The van der Waals surface area contributed by atoms with Gasteiger partial charge in [-0.2, -0.15) is 8.78 Å². The Kier molecular flexibility index (Phi) is 8.24. The first kappa shape index (κ1) is 23.5. The lowest BCUT2D eigenvalue weighted by Gasteiger charge is -2.17. The second kappa shape index (κ2) is 10.9. The standard InChI is InChI=1S/C20H19F3N2O6/c1-25(10-17(26)24-14-6-4-13(21)5-7-14)18(27)11-30-19(28)12-3-8-15(31-20(22)23)16(9-12)29-2/h3-9,20H,10-11H2,1-2H3,(H,24,26). The van der Waals surface area contributed by atoms with E-state index in [0.29, 0.717) is 5.69 Å². The molecule has 0 saturated carbocycles. The van der Waals surface area contributed by atoms with Crippen molar-refractivity contribution in [3.63, 3.8) is 0 Å². The lowest BCUT2D eigenvalue weighted by atomic mass is 10.2. The van der Waals surface area contributed by atoms with E-state index in [1.165, 1.54) is 44.5 Å². The number of carbonyl (C=O) groups is 3. The van der Waals surface area contributed by atoms with Gasteiger partial charge in [0.1, 0.15) is 5.82 Å². The van der Waals surface area contributed by atoms with Crippen LogP contribution in [0.2, 0.25) is 0 Å². The Labute approximate surface area is 175 Å². The number of carbonyl (C=O) groups excluding carboxylic acids is 3. The molecule has 31 heavy (non-hydrogen) atoms. The third-order valence-electron chi connectivity index (χ3n) is 3.88. The van der Waals surface area contributed by atoms with Gasteiger partial charge in [-0.25, -0.2) is 9.18 Å². The van der Waals surface area contributed by atoms with Crippen molar-refractivity contribution < 1.29 is 41.8 Å². The first-order valence-electron chi connectivity index (χ1n) is 8.79. The molecule has 11 heteroatoms. The summed E-state index contributed by atoms with van der Waals surface area (Å²) in [6.07, 6.45) is 0. The zero-order valence-corrected chi connectivity index (χ0v) is 16.6. The predicted octanol–water partition coefficient (Wildman–Crippen LogP) is 2.69. The Morgan fingerprint density at radius 2 is 1.74 bits per heavy atom. The maximum absolute atomic E-state index is 12.9. The monoisotopic (exact) mass is 440 g/mol. The highest BCUT2D eigenvalue weighted by Crippen LogP contribution is 2.29. The molecule has 8 nitrogen and oxygen atoms in total. The van der Waals surface area contributed by atoms with Crippen molar-refractivity contribution in [3.05, 3.63) is 53.8 Å². The van der Waals surface area contributed by atoms with Gasteiger partial charge in [0.25, 0.3) is 5.91 Å². The van der Waals surface area contributed by atoms with Crippen LogP contribution in [0.4, 0.5) is 18.9 Å². The normalized spacial score (nSPS) is 10.4. The minimum atomic E-state index is -3.07. The van der Waals surface area contributed by atoms with E-state index < -0.39 is 36.8 Å². The van der Waals surface area contributed by atoms with Crippen molar-refractivity contribution >= 4 is 23.5 Å². The van der Waals surface area contributed by atoms with Crippen LogP contribution in [-0.2, 0) is 14.3 Å². The molecule has 2 aromatic carbocycles. The number of nitrogens with zero attached hydrogens (tertiary/aromatic N) is 1. The van der Waals surface area contributed by atoms with Gasteiger partial charge in [-0.3, -0.25) is 9.59 Å². The molecule has 0 bridgehead atoms. The molecule has 0 atom stereocenters. The van der Waals surface area contributed by atoms with Gasteiger partial charge >= 0.3 is 12.6 Å². The predicted molar refractivity (Wildman–Crippen MR) is 103 cm³/mol. The highest BCUT2D eigenvalue weighted by atomic mass is 19.3. The highest BCUT2D eigenvalue weighted by Gasteiger charge is 2.18. The van der Waals surface area contributed by atoms with Crippen LogP contribution in [0.5, 0.6) is 11.5 Å². The number of ether oxygens (including phenoxy) is 3. The van der Waals surface area contributed by atoms with Crippen LogP contribution >= 0.6 is 0 Å². The topological polar surface area (TPSA) is 94.2 Å². The minimum absolute atomic E-state index is 0.0528. The summed E-state index contributed by atoms with van der Waals surface area (Å²) < 4.78 is 51.6. The van der Waals surface area contributed by atoms with E-state index in [4.69, 9.17) is 9.47 Å². The average molecular weight is 440 g/mol. The van der Waals surface area contributed by atoms with Gasteiger partial charge in [-0.15, -0.1) is 0 Å². The fourth-order valence-corrected chi connectivity index (χ4v) is 2.35. The first-order valence-corrected chi connectivity index (χ1v) is 8.79. The van der Waals surface area contributed by atoms with E-state index in [9.17, 15) is 27.6 Å². The van der Waals surface area contributed by atoms with E-state index in [1.807, 2.05) is 0 Å². The van der Waals surface area contributed by atoms with Crippen LogP contribution in [0.1, 0.15) is 10.4 Å². The van der Waals surface area contributed by atoms with Crippen LogP contribution in [0.25, 0.3) is 0 Å². The second-order valence-corrected chi connectivity index (χ2v) is 6.13. The summed E-state index contributed by atoms with van der Waals surface area (Å²) >= 11 is 0. The Bertz CT molecular complexity index is 937. The smallest absolute Gasteiger partial charge is 0.387 e. The van der Waals surface area contributed by atoms with Crippen LogP contribution < -0.4 is 14.8 Å². The number of halogens is 3. The SMILES string of the molecule is COc1cc(C(=O)OCC(=O)N(C)CC(=O)Nc2ccc(F)cc2)ccc1OC(F)F. The molecule has 0 aliphatic carbocycles. The highest BCUT2D eigenvalue weighted by molar-refractivity contribution is 5.95. The van der Waals surface area contributed by atoms with Crippen LogP contribution in [0.15, 0.2) is 42.5 Å². The van der Waals surface area contributed by atoms with Gasteiger partial charge in [0.2, 0.25) is 5.91 Å². The first-order chi connectivity index (χ1) is 14.7. The zero-order chi connectivity index (χ0) is 23.0. The van der Waals surface area contributed by atoms with Crippen molar-refractivity contribution in [2.24, 2.45) is 0 Å². The Hall–Kier alpha value is -3.76. The summed E-state index contributed by atoms with van der Waals surface area (Å²) in [7, 11) is 2.54. The van der Waals surface area contributed by atoms with Gasteiger partial charge in [-0.1, -0.05) is 0 Å². The van der Waals surface area contributed by atoms with Crippen molar-refractivity contribution in [3.8, 4) is 11.5 Å². The number of benzene rings is 2. The number of nitrogens with one attached hydrogen (secondary N) is 1. The van der Waals surface area contributed by atoms with E-state index in [1.54, 1.807) is 0 Å². The van der Waals surface area contributed by atoms with Gasteiger partial charge in [0, 0.05) is 12.7 Å². The third kappa shape index (κ3) is 7.21. The molecule has 0 unspecified atom stereocenters. The number of esters is 1. The molecule has 0 spiro atoms. The van der Waals surface area contributed by atoms with E-state index in [0.717, 1.165) is 17.0 Å². The molecule has 0 radical (unpaired) electrons. The number of amides is 2. The maximum atomic E-state index is 12.9. The van der Waals surface area contributed by atoms with E-state index in [-0.39, 0.29) is 23.6 Å².